The van der Waals surface area contributed by atoms with Crippen molar-refractivity contribution in [3.63, 3.8) is 0 Å². The van der Waals surface area contributed by atoms with E-state index in [2.05, 4.69) is 24.3 Å². The van der Waals surface area contributed by atoms with Crippen molar-refractivity contribution in [2.24, 2.45) is 11.7 Å². The van der Waals surface area contributed by atoms with Gasteiger partial charge in [-0.1, -0.05) is 26.0 Å². The lowest BCUT2D eigenvalue weighted by atomic mass is 10.2. The smallest absolute Gasteiger partial charge is 0.269 e. The number of nitrogens with two attached hydrogens (primary N) is 1. The maximum atomic E-state index is 11.0. The highest BCUT2D eigenvalue weighted by molar-refractivity contribution is 5.90. The zero-order valence-electron chi connectivity index (χ0n) is 11.8. The van der Waals surface area contributed by atoms with E-state index in [1.165, 1.54) is 5.56 Å². The van der Waals surface area contributed by atoms with Crippen LogP contribution >= 0.6 is 0 Å². The van der Waals surface area contributed by atoms with Crippen LogP contribution in [-0.2, 0) is 6.54 Å². The van der Waals surface area contributed by atoms with Crippen molar-refractivity contribution in [1.29, 1.82) is 0 Å². The lowest BCUT2D eigenvalue weighted by Gasteiger charge is -2.08. The van der Waals surface area contributed by atoms with Gasteiger partial charge in [0.25, 0.3) is 5.91 Å². The first kappa shape index (κ1) is 14.3. The molecule has 0 spiro atoms. The van der Waals surface area contributed by atoms with E-state index in [1.807, 2.05) is 24.3 Å². The van der Waals surface area contributed by atoms with Crippen LogP contribution in [0.25, 0.3) is 5.69 Å². The highest BCUT2D eigenvalue weighted by Crippen LogP contribution is 2.10. The number of carbonyl (C=O) groups is 1. The third kappa shape index (κ3) is 3.68. The fourth-order valence-electron chi connectivity index (χ4n) is 1.87. The van der Waals surface area contributed by atoms with Gasteiger partial charge in [0.1, 0.15) is 5.69 Å². The molecule has 5 nitrogen and oxygen atoms in total. The molecule has 5 heteroatoms. The second-order valence-corrected chi connectivity index (χ2v) is 5.20. The van der Waals surface area contributed by atoms with Crippen LogP contribution < -0.4 is 11.1 Å². The molecule has 20 heavy (non-hydrogen) atoms. The Balaban J connectivity index is 2.01. The van der Waals surface area contributed by atoms with Crippen LogP contribution in [0.4, 0.5) is 0 Å². The monoisotopic (exact) mass is 272 g/mol. The summed E-state index contributed by atoms with van der Waals surface area (Å²) in [4.78, 5) is 11.0. The van der Waals surface area contributed by atoms with Gasteiger partial charge < -0.3 is 11.1 Å². The molecule has 2 rings (SSSR count). The summed E-state index contributed by atoms with van der Waals surface area (Å²) >= 11 is 0. The standard InChI is InChI=1S/C15H20N4O/c1-11(2)9-17-10-12-3-5-13(6-4-12)19-8-7-14(18-19)15(16)20/h3-8,11,17H,9-10H2,1-2H3,(H2,16,20). The predicted molar refractivity (Wildman–Crippen MR) is 78.6 cm³/mol. The molecule has 0 unspecified atom stereocenters. The summed E-state index contributed by atoms with van der Waals surface area (Å²) in [6, 6.07) is 9.66. The molecule has 1 heterocycles. The molecule has 0 aliphatic carbocycles. The molecular formula is C15H20N4O. The highest BCUT2D eigenvalue weighted by Gasteiger charge is 2.05. The molecule has 0 fully saturated rings. The normalized spacial score (nSPS) is 10.9. The second-order valence-electron chi connectivity index (χ2n) is 5.20. The Bertz CT molecular complexity index is 572. The molecule has 1 amide bonds. The van der Waals surface area contributed by atoms with Crippen LogP contribution in [0, 0.1) is 5.92 Å². The lowest BCUT2D eigenvalue weighted by molar-refractivity contribution is 0.0995. The van der Waals surface area contributed by atoms with Gasteiger partial charge in [0.05, 0.1) is 5.69 Å². The van der Waals surface area contributed by atoms with Gasteiger partial charge in [0, 0.05) is 12.7 Å². The first-order chi connectivity index (χ1) is 9.56. The number of primary amides is 1. The van der Waals surface area contributed by atoms with E-state index in [0.29, 0.717) is 5.92 Å². The number of amides is 1. The van der Waals surface area contributed by atoms with Gasteiger partial charge in [0.2, 0.25) is 0 Å². The minimum Gasteiger partial charge on any atom is -0.364 e. The number of hydrogen-bond donors (Lipinski definition) is 2. The summed E-state index contributed by atoms with van der Waals surface area (Å²) in [6.45, 7) is 6.22. The Morgan fingerprint density at radius 2 is 2.00 bits per heavy atom. The highest BCUT2D eigenvalue weighted by atomic mass is 16.1. The number of rotatable bonds is 6. The number of carbonyl (C=O) groups excluding carboxylic acids is 1. The fraction of sp³-hybridized carbons (Fsp3) is 0.333. The minimum atomic E-state index is -0.516. The second kappa shape index (κ2) is 6.34. The number of hydrogen-bond acceptors (Lipinski definition) is 3. The first-order valence-corrected chi connectivity index (χ1v) is 6.72. The molecule has 0 bridgehead atoms. The molecule has 3 N–H and O–H groups in total. The van der Waals surface area contributed by atoms with Gasteiger partial charge in [-0.2, -0.15) is 5.10 Å². The van der Waals surface area contributed by atoms with Crippen molar-refractivity contribution >= 4 is 5.91 Å². The Morgan fingerprint density at radius 1 is 1.30 bits per heavy atom. The molecule has 0 radical (unpaired) electrons. The van der Waals surface area contributed by atoms with Crippen molar-refractivity contribution in [2.45, 2.75) is 20.4 Å². The average Bonchev–Trinajstić information content (AvgIpc) is 2.89. The van der Waals surface area contributed by atoms with Crippen molar-refractivity contribution in [1.82, 2.24) is 15.1 Å². The molecule has 1 aromatic heterocycles. The minimum absolute atomic E-state index is 0.271. The van der Waals surface area contributed by atoms with Crippen LogP contribution in [0.2, 0.25) is 0 Å². The molecule has 106 valence electrons. The van der Waals surface area contributed by atoms with Gasteiger partial charge >= 0.3 is 0 Å². The Labute approximate surface area is 118 Å². The van der Waals surface area contributed by atoms with Crippen molar-refractivity contribution in [3.8, 4) is 5.69 Å². The molecule has 0 aliphatic heterocycles. The third-order valence-corrected chi connectivity index (χ3v) is 2.92. The molecule has 0 saturated carbocycles. The van der Waals surface area contributed by atoms with Crippen LogP contribution in [0.3, 0.4) is 0 Å². The lowest BCUT2D eigenvalue weighted by Crippen LogP contribution is -2.18. The van der Waals surface area contributed by atoms with Gasteiger partial charge in [0.15, 0.2) is 0 Å². The van der Waals surface area contributed by atoms with E-state index in [9.17, 15) is 4.79 Å². The first-order valence-electron chi connectivity index (χ1n) is 6.72. The van der Waals surface area contributed by atoms with Crippen LogP contribution in [-0.4, -0.2) is 22.2 Å². The number of nitrogens with one attached hydrogen (secondary N) is 1. The zero-order valence-corrected chi connectivity index (χ0v) is 11.8. The summed E-state index contributed by atoms with van der Waals surface area (Å²) in [5.74, 6) is 0.129. The fourth-order valence-corrected chi connectivity index (χ4v) is 1.87. The van der Waals surface area contributed by atoms with Gasteiger partial charge in [-0.05, 0) is 36.2 Å². The Hall–Kier alpha value is -2.14. The van der Waals surface area contributed by atoms with Gasteiger partial charge in [-0.25, -0.2) is 4.68 Å². The van der Waals surface area contributed by atoms with E-state index in [-0.39, 0.29) is 5.69 Å². The molecule has 2 aromatic rings. The molecular weight excluding hydrogens is 252 g/mol. The van der Waals surface area contributed by atoms with E-state index in [0.717, 1.165) is 18.8 Å². The maximum absolute atomic E-state index is 11.0. The Morgan fingerprint density at radius 3 is 2.55 bits per heavy atom. The summed E-state index contributed by atoms with van der Waals surface area (Å²) in [6.07, 6.45) is 1.73. The van der Waals surface area contributed by atoms with Crippen LogP contribution in [0.15, 0.2) is 36.5 Å². The van der Waals surface area contributed by atoms with E-state index >= 15 is 0 Å². The van der Waals surface area contributed by atoms with Gasteiger partial charge in [-0.3, -0.25) is 4.79 Å². The summed E-state index contributed by atoms with van der Waals surface area (Å²) in [7, 11) is 0. The topological polar surface area (TPSA) is 72.9 Å². The summed E-state index contributed by atoms with van der Waals surface area (Å²) < 4.78 is 1.64. The Kier molecular flexibility index (Phi) is 4.53. The van der Waals surface area contributed by atoms with Crippen molar-refractivity contribution in [2.75, 3.05) is 6.54 Å². The van der Waals surface area contributed by atoms with E-state index < -0.39 is 5.91 Å². The van der Waals surface area contributed by atoms with E-state index in [4.69, 9.17) is 5.73 Å². The van der Waals surface area contributed by atoms with E-state index in [1.54, 1.807) is 16.9 Å². The molecule has 1 aromatic carbocycles. The number of aromatic nitrogens is 2. The van der Waals surface area contributed by atoms with Crippen molar-refractivity contribution < 1.29 is 4.79 Å². The molecule has 0 atom stereocenters. The summed E-state index contributed by atoms with van der Waals surface area (Å²) in [5.41, 5.74) is 7.58. The zero-order chi connectivity index (χ0) is 14.5. The quantitative estimate of drug-likeness (QED) is 0.841. The largest absolute Gasteiger partial charge is 0.364 e. The predicted octanol–water partition coefficient (Wildman–Crippen LogP) is 1.72. The maximum Gasteiger partial charge on any atom is 0.269 e. The molecule has 0 saturated heterocycles. The van der Waals surface area contributed by atoms with Crippen LogP contribution in [0.5, 0.6) is 0 Å². The summed E-state index contributed by atoms with van der Waals surface area (Å²) in [5, 5.41) is 7.52. The third-order valence-electron chi connectivity index (χ3n) is 2.92. The SMILES string of the molecule is CC(C)CNCc1ccc(-n2ccc(C(N)=O)n2)cc1. The molecule has 0 aliphatic rings. The average molecular weight is 272 g/mol. The van der Waals surface area contributed by atoms with Gasteiger partial charge in [-0.15, -0.1) is 0 Å². The number of nitrogens with zero attached hydrogens (tertiary/aromatic N) is 2. The number of benzene rings is 1. The van der Waals surface area contributed by atoms with Crippen LogP contribution in [0.1, 0.15) is 29.9 Å². The van der Waals surface area contributed by atoms with Crippen molar-refractivity contribution in [3.05, 3.63) is 47.8 Å².